The fourth-order valence-corrected chi connectivity index (χ4v) is 2.48. The van der Waals surface area contributed by atoms with Crippen LogP contribution in [0.2, 0.25) is 0 Å². The Hall–Kier alpha value is -1.28. The van der Waals surface area contributed by atoms with Crippen LogP contribution < -0.4 is 0 Å². The Morgan fingerprint density at radius 1 is 1.25 bits per heavy atom. The molecule has 1 aromatic carbocycles. The molecule has 1 N–H and O–H groups in total. The van der Waals surface area contributed by atoms with E-state index >= 15 is 0 Å². The molecule has 6 nitrogen and oxygen atoms in total. The van der Waals surface area contributed by atoms with Crippen molar-refractivity contribution in [1.29, 1.82) is 0 Å². The van der Waals surface area contributed by atoms with Crippen molar-refractivity contribution in [2.45, 2.75) is 18.2 Å². The van der Waals surface area contributed by atoms with Gasteiger partial charge in [0, 0.05) is 12.3 Å². The summed E-state index contributed by atoms with van der Waals surface area (Å²) in [6.07, 6.45) is 0.761. The molecule has 0 bridgehead atoms. The summed E-state index contributed by atoms with van der Waals surface area (Å²) in [5.41, 5.74) is 0.944. The van der Waals surface area contributed by atoms with Gasteiger partial charge in [-0.25, -0.2) is 0 Å². The van der Waals surface area contributed by atoms with Crippen molar-refractivity contribution in [3.8, 4) is 0 Å². The minimum Gasteiger partial charge on any atom is -0.371 e. The number of aryl methyl sites for hydroxylation is 1. The number of hydrogen-bond acceptors (Lipinski definition) is 6. The fraction of sp³-hybridized carbons (Fsp3) is 0.462. The van der Waals surface area contributed by atoms with Crippen LogP contribution >= 0.6 is 0 Å². The van der Waals surface area contributed by atoms with Crippen molar-refractivity contribution < 1.29 is 27.2 Å². The molecule has 0 aliphatic rings. The van der Waals surface area contributed by atoms with Crippen molar-refractivity contribution >= 4 is 16.4 Å². The third-order valence-corrected chi connectivity index (χ3v) is 3.94. The summed E-state index contributed by atoms with van der Waals surface area (Å²) in [5.74, 6) is -0.417. The predicted molar refractivity (Wildman–Crippen MR) is 71.5 cm³/mol. The third-order valence-electron chi connectivity index (χ3n) is 2.64. The first-order valence-corrected chi connectivity index (χ1v) is 7.48. The lowest BCUT2D eigenvalue weighted by molar-refractivity contribution is -0.110. The second-order valence-electron chi connectivity index (χ2n) is 4.32. The Bertz CT molecular complexity index is 508. The second-order valence-corrected chi connectivity index (χ2v) is 5.94. The summed E-state index contributed by atoms with van der Waals surface area (Å²) >= 11 is 0. The molecule has 7 heteroatoms. The van der Waals surface area contributed by atoms with Crippen LogP contribution in [0.1, 0.15) is 12.0 Å². The highest BCUT2D eigenvalue weighted by molar-refractivity contribution is 7.86. The monoisotopic (exact) mass is 302 g/mol. The number of aliphatic hydroxyl groups is 1. The molecule has 0 heterocycles. The van der Waals surface area contributed by atoms with E-state index in [-0.39, 0.29) is 24.5 Å². The van der Waals surface area contributed by atoms with Gasteiger partial charge in [-0.1, -0.05) is 17.7 Å². The van der Waals surface area contributed by atoms with E-state index in [1.807, 2.05) is 6.92 Å². The maximum absolute atomic E-state index is 11.9. The SMILES string of the molecule is Cc1ccc(S(=O)(=O)OC[C@@H](CC=O)COCO)cc1. The van der Waals surface area contributed by atoms with Gasteiger partial charge < -0.3 is 14.6 Å². The summed E-state index contributed by atoms with van der Waals surface area (Å²) in [6.45, 7) is 1.25. The van der Waals surface area contributed by atoms with Crippen molar-refractivity contribution in [3.63, 3.8) is 0 Å². The number of ether oxygens (including phenoxy) is 1. The zero-order chi connectivity index (χ0) is 15.0. The molecule has 1 aromatic rings. The zero-order valence-electron chi connectivity index (χ0n) is 11.2. The summed E-state index contributed by atoms with van der Waals surface area (Å²) < 4.78 is 33.5. The van der Waals surface area contributed by atoms with Crippen LogP contribution in [0.4, 0.5) is 0 Å². The lowest BCUT2D eigenvalue weighted by atomic mass is 10.1. The number of benzene rings is 1. The van der Waals surface area contributed by atoms with Crippen LogP contribution in [0.25, 0.3) is 0 Å². The number of hydrogen-bond donors (Lipinski definition) is 1. The molecule has 0 saturated heterocycles. The van der Waals surface area contributed by atoms with Crippen molar-refractivity contribution in [3.05, 3.63) is 29.8 Å². The van der Waals surface area contributed by atoms with E-state index in [0.29, 0.717) is 6.29 Å². The number of aldehydes is 1. The Kier molecular flexibility index (Phi) is 6.80. The standard InChI is InChI=1S/C13H18O6S/c1-11-2-4-13(5-3-11)20(16,17)19-9-12(6-7-14)8-18-10-15/h2-5,7,12,15H,6,8-10H2,1H3/t12-/m0/s1. The molecule has 1 atom stereocenters. The van der Waals surface area contributed by atoms with Crippen LogP contribution in [0.5, 0.6) is 0 Å². The van der Waals surface area contributed by atoms with Gasteiger partial charge in [-0.15, -0.1) is 0 Å². The molecule has 0 spiro atoms. The number of rotatable bonds is 9. The third kappa shape index (κ3) is 5.38. The first-order chi connectivity index (χ1) is 9.49. The highest BCUT2D eigenvalue weighted by Crippen LogP contribution is 2.15. The van der Waals surface area contributed by atoms with Gasteiger partial charge in [0.1, 0.15) is 13.1 Å². The first kappa shape index (κ1) is 16.8. The lowest BCUT2D eigenvalue weighted by Gasteiger charge is -2.14. The highest BCUT2D eigenvalue weighted by atomic mass is 32.2. The predicted octanol–water partition coefficient (Wildman–Crippen LogP) is 0.872. The topological polar surface area (TPSA) is 89.9 Å². The molecular formula is C13H18O6S. The van der Waals surface area contributed by atoms with E-state index in [0.717, 1.165) is 5.56 Å². The number of carbonyl (C=O) groups is 1. The molecule has 0 aromatic heterocycles. The molecule has 0 saturated carbocycles. The Balaban J connectivity index is 2.65. The molecule has 0 aliphatic carbocycles. The quantitative estimate of drug-likeness (QED) is 0.413. The van der Waals surface area contributed by atoms with Gasteiger partial charge in [0.15, 0.2) is 0 Å². The van der Waals surface area contributed by atoms with E-state index < -0.39 is 22.8 Å². The molecule has 0 amide bonds. The van der Waals surface area contributed by atoms with Crippen molar-refractivity contribution in [2.75, 3.05) is 20.0 Å². The molecule has 20 heavy (non-hydrogen) atoms. The number of carbonyl (C=O) groups excluding carboxylic acids is 1. The molecule has 112 valence electrons. The van der Waals surface area contributed by atoms with Gasteiger partial charge >= 0.3 is 0 Å². The maximum atomic E-state index is 11.9. The first-order valence-electron chi connectivity index (χ1n) is 6.08. The maximum Gasteiger partial charge on any atom is 0.296 e. The van der Waals surface area contributed by atoms with Gasteiger partial charge in [-0.05, 0) is 19.1 Å². The lowest BCUT2D eigenvalue weighted by Crippen LogP contribution is -2.20. The molecule has 0 unspecified atom stereocenters. The van der Waals surface area contributed by atoms with Crippen LogP contribution in [-0.4, -0.2) is 39.8 Å². The Morgan fingerprint density at radius 3 is 2.45 bits per heavy atom. The zero-order valence-corrected chi connectivity index (χ0v) is 12.0. The highest BCUT2D eigenvalue weighted by Gasteiger charge is 2.18. The molecule has 0 fully saturated rings. The smallest absolute Gasteiger partial charge is 0.296 e. The summed E-state index contributed by atoms with van der Waals surface area (Å²) in [7, 11) is -3.85. The van der Waals surface area contributed by atoms with Gasteiger partial charge in [0.25, 0.3) is 10.1 Å². The van der Waals surface area contributed by atoms with Crippen LogP contribution in [0.3, 0.4) is 0 Å². The minimum atomic E-state index is -3.85. The fourth-order valence-electron chi connectivity index (χ4n) is 1.50. The minimum absolute atomic E-state index is 0.0542. The molecule has 0 radical (unpaired) electrons. The molecule has 0 aliphatic heterocycles. The molecule has 1 rings (SSSR count). The van der Waals surface area contributed by atoms with Crippen LogP contribution in [0, 0.1) is 12.8 Å². The van der Waals surface area contributed by atoms with Gasteiger partial charge in [-0.3, -0.25) is 4.18 Å². The van der Waals surface area contributed by atoms with E-state index in [2.05, 4.69) is 0 Å². The van der Waals surface area contributed by atoms with Gasteiger partial charge in [0.2, 0.25) is 0 Å². The summed E-state index contributed by atoms with van der Waals surface area (Å²) in [6, 6.07) is 6.27. The van der Waals surface area contributed by atoms with E-state index in [1.165, 1.54) is 12.1 Å². The summed E-state index contributed by atoms with van der Waals surface area (Å²) in [5, 5.41) is 8.55. The largest absolute Gasteiger partial charge is 0.371 e. The summed E-state index contributed by atoms with van der Waals surface area (Å²) in [4.78, 5) is 10.6. The van der Waals surface area contributed by atoms with Gasteiger partial charge in [0.05, 0.1) is 18.1 Å². The Labute approximate surface area is 118 Å². The molecular weight excluding hydrogens is 284 g/mol. The Morgan fingerprint density at radius 2 is 1.90 bits per heavy atom. The normalized spacial score (nSPS) is 13.1. The number of aliphatic hydroxyl groups excluding tert-OH is 1. The van der Waals surface area contributed by atoms with E-state index in [1.54, 1.807) is 12.1 Å². The van der Waals surface area contributed by atoms with E-state index in [4.69, 9.17) is 14.0 Å². The van der Waals surface area contributed by atoms with Crippen LogP contribution in [0.15, 0.2) is 29.2 Å². The van der Waals surface area contributed by atoms with Crippen molar-refractivity contribution in [1.82, 2.24) is 0 Å². The van der Waals surface area contributed by atoms with Crippen LogP contribution in [-0.2, 0) is 23.8 Å². The van der Waals surface area contributed by atoms with Crippen molar-refractivity contribution in [2.24, 2.45) is 5.92 Å². The second kappa shape index (κ2) is 8.11. The van der Waals surface area contributed by atoms with E-state index in [9.17, 15) is 13.2 Å². The average Bonchev–Trinajstić information content (AvgIpc) is 2.42. The average molecular weight is 302 g/mol. The van der Waals surface area contributed by atoms with Gasteiger partial charge in [-0.2, -0.15) is 8.42 Å².